The number of aliphatic carboxylic acids is 3. The Bertz CT molecular complexity index is 3010. The van der Waals surface area contributed by atoms with E-state index in [9.17, 15) is 103 Å². The van der Waals surface area contributed by atoms with Crippen LogP contribution in [0.2, 0.25) is 0 Å². The summed E-state index contributed by atoms with van der Waals surface area (Å²) < 4.78 is 0. The Hall–Kier alpha value is -9.08. The summed E-state index contributed by atoms with van der Waals surface area (Å²) in [7, 11) is 0. The predicted molar refractivity (Wildman–Crippen MR) is 359 cm³/mol. The van der Waals surface area contributed by atoms with E-state index in [0.29, 0.717) is 18.6 Å². The van der Waals surface area contributed by atoms with Gasteiger partial charge in [-0.05, 0) is 99.8 Å². The van der Waals surface area contributed by atoms with Gasteiger partial charge in [0.15, 0.2) is 5.96 Å². The van der Waals surface area contributed by atoms with Crippen molar-refractivity contribution in [3.8, 4) is 5.75 Å². The number of carboxylic acids is 3. The molecule has 0 bridgehead atoms. The second-order valence-electron chi connectivity index (χ2n) is 24.3. The van der Waals surface area contributed by atoms with Crippen molar-refractivity contribution in [1.29, 1.82) is 0 Å². The van der Waals surface area contributed by atoms with Crippen LogP contribution in [0.3, 0.4) is 0 Å². The number of carbonyl (C=O) groups is 15. The number of carboxylic acid groups (broad SMARTS) is 3. The van der Waals surface area contributed by atoms with Crippen LogP contribution in [-0.4, -0.2) is 246 Å². The molecule has 0 aromatic heterocycles. The molecule has 1 saturated heterocycles. The molecule has 1 aliphatic heterocycles. The maximum Gasteiger partial charge on any atom is 0.326 e. The molecule has 13 atom stereocenters. The molecule has 39 heteroatoms. The number of phenols is 1. The van der Waals surface area contributed by atoms with Gasteiger partial charge in [0.1, 0.15) is 72.2 Å². The van der Waals surface area contributed by atoms with Crippen molar-refractivity contribution in [2.75, 3.05) is 37.5 Å². The zero-order chi connectivity index (χ0) is 75.0. The van der Waals surface area contributed by atoms with E-state index in [1.165, 1.54) is 40.9 Å². The number of amides is 12. The highest BCUT2D eigenvalue weighted by Gasteiger charge is 2.41. The van der Waals surface area contributed by atoms with Crippen molar-refractivity contribution >= 4 is 119 Å². The largest absolute Gasteiger partial charge is 0.508 e. The van der Waals surface area contributed by atoms with Crippen LogP contribution in [0.25, 0.3) is 0 Å². The average molecular weight is 1440 g/mol. The van der Waals surface area contributed by atoms with Crippen molar-refractivity contribution in [2.45, 2.75) is 190 Å². The molecule has 1 aliphatic rings. The highest BCUT2D eigenvalue weighted by Crippen LogP contribution is 2.20. The number of thiol groups is 1. The van der Waals surface area contributed by atoms with Gasteiger partial charge in [0.05, 0.1) is 31.6 Å². The number of likely N-dealkylation sites (tertiary alicyclic amines) is 1. The number of phenolic OH excluding ortho intramolecular Hbond substituents is 1. The lowest BCUT2D eigenvalue weighted by Crippen LogP contribution is -2.62. The van der Waals surface area contributed by atoms with Crippen LogP contribution >= 0.6 is 24.4 Å². The van der Waals surface area contributed by atoms with Gasteiger partial charge in [0.25, 0.3) is 0 Å². The fourth-order valence-electron chi connectivity index (χ4n) is 9.94. The lowest BCUT2D eigenvalue weighted by Gasteiger charge is -2.29. The summed E-state index contributed by atoms with van der Waals surface area (Å²) in [6.07, 6.45) is -3.50. The average Bonchev–Trinajstić information content (AvgIpc) is 1.85. The number of aliphatic imine (C=N–C) groups is 1. The lowest BCUT2D eigenvalue weighted by molar-refractivity contribution is -0.143. The topological polar surface area (TPSA) is 617 Å². The molecule has 1 heterocycles. The number of nitrogens with two attached hydrogens (primary N) is 4. The summed E-state index contributed by atoms with van der Waals surface area (Å²) in [4.78, 5) is 206. The van der Waals surface area contributed by atoms with Gasteiger partial charge in [-0.3, -0.25) is 72.1 Å². The number of rotatable bonds is 45. The normalized spacial score (nSPS) is 16.3. The number of aliphatic hydroxyl groups is 2. The second-order valence-corrected chi connectivity index (χ2v) is 25.7. The van der Waals surface area contributed by atoms with Crippen molar-refractivity contribution in [3.05, 3.63) is 29.8 Å². The van der Waals surface area contributed by atoms with Crippen LogP contribution < -0.4 is 76.1 Å². The third kappa shape index (κ3) is 31.1. The maximum absolute atomic E-state index is 14.5. The van der Waals surface area contributed by atoms with Gasteiger partial charge in [-0.25, -0.2) is 4.79 Å². The molecule has 0 spiro atoms. The molecular weight excluding hydrogens is 1340 g/mol. The zero-order valence-electron chi connectivity index (χ0n) is 55.9. The van der Waals surface area contributed by atoms with E-state index >= 15 is 0 Å². The highest BCUT2D eigenvalue weighted by atomic mass is 32.2. The van der Waals surface area contributed by atoms with Gasteiger partial charge in [0.2, 0.25) is 70.9 Å². The second kappa shape index (κ2) is 43.3. The summed E-state index contributed by atoms with van der Waals surface area (Å²) in [5.41, 5.74) is 22.3. The van der Waals surface area contributed by atoms with Gasteiger partial charge < -0.3 is 112 Å². The number of guanidine groups is 1. The molecule has 2 rings (SSSR count). The van der Waals surface area contributed by atoms with E-state index in [1.54, 1.807) is 27.7 Å². The number of aliphatic hydroxyl groups excluding tert-OH is 2. The first-order valence-corrected chi connectivity index (χ1v) is 33.7. The van der Waals surface area contributed by atoms with E-state index < -0.39 is 212 Å². The van der Waals surface area contributed by atoms with Gasteiger partial charge in [-0.15, -0.1) is 0 Å². The number of nitrogens with zero attached hydrogens (tertiary/aromatic N) is 2. The van der Waals surface area contributed by atoms with Gasteiger partial charge >= 0.3 is 17.9 Å². The highest BCUT2D eigenvalue weighted by molar-refractivity contribution is 7.98. The Morgan fingerprint density at radius 1 is 0.596 bits per heavy atom. The molecule has 1 aromatic rings. The summed E-state index contributed by atoms with van der Waals surface area (Å²) in [6, 6.07) is -14.5. The minimum absolute atomic E-state index is 0.000374. The predicted octanol–water partition coefficient (Wildman–Crippen LogP) is -6.40. The number of aromatic hydroxyl groups is 1. The fourth-order valence-corrected chi connectivity index (χ4v) is 10.7. The minimum Gasteiger partial charge on any atom is -0.508 e. The standard InChI is InChI=1S/C60H96N16O21S2/c1-28(2)21-36(49(86)71-39(24-44(62)80)52(89)67-35(59(96)97)9-7-18-65-60(63)64)69-54(91)41(26-77)73-50(87)37(22-29(3)4)68-51(88)38(23-31-11-13-32(79)14-12-31)70-53(90)40(25-46(83)84)72-48(85)34(15-16-45(81)82)66-57(94)47(30(5)78)75-55(92)42(27-98)74-56(93)43-10-8-19-76(43)58(95)33(61)17-20-99-6/h11-14,28-30,33-43,47,77-79,98H,7-10,15-27,61H2,1-6H3,(H2,62,80)(H,66,94)(H,67,89)(H,68,88)(H,69,91)(H,70,90)(H,71,86)(H,72,85)(H,73,87)(H,74,93)(H,75,92)(H,81,82)(H,83,84)(H,96,97)(H4,63,64,65)/t30-,33+,34+,35+,36+,37+,38+,39+,40+,41+,42+,43+,47+/m1/s1. The molecule has 0 radical (unpaired) electrons. The van der Waals surface area contributed by atoms with Crippen LogP contribution in [-0.2, 0) is 78.3 Å². The lowest BCUT2D eigenvalue weighted by atomic mass is 10.00. The quantitative estimate of drug-likeness (QED) is 0.0125. The Morgan fingerprint density at radius 3 is 1.56 bits per heavy atom. The fraction of sp³-hybridized carbons (Fsp3) is 0.633. The third-order valence-corrected chi connectivity index (χ3v) is 16.1. The van der Waals surface area contributed by atoms with Crippen LogP contribution in [0.5, 0.6) is 5.75 Å². The Morgan fingerprint density at radius 2 is 1.07 bits per heavy atom. The number of benzene rings is 1. The number of primary amides is 1. The summed E-state index contributed by atoms with van der Waals surface area (Å²) >= 11 is 5.65. The molecule has 12 amide bonds. The van der Waals surface area contributed by atoms with Crippen molar-refractivity contribution in [1.82, 2.24) is 58.1 Å². The summed E-state index contributed by atoms with van der Waals surface area (Å²) in [6.45, 7) is 6.70. The van der Waals surface area contributed by atoms with Crippen molar-refractivity contribution in [3.63, 3.8) is 0 Å². The number of nitrogens with one attached hydrogen (secondary N) is 10. The zero-order valence-corrected chi connectivity index (χ0v) is 57.6. The van der Waals surface area contributed by atoms with Gasteiger partial charge in [-0.1, -0.05) is 39.8 Å². The van der Waals surface area contributed by atoms with E-state index in [4.69, 9.17) is 22.9 Å². The molecule has 37 nitrogen and oxygen atoms in total. The van der Waals surface area contributed by atoms with Gasteiger partial charge in [-0.2, -0.15) is 24.4 Å². The Balaban J connectivity index is 2.46. The molecule has 554 valence electrons. The molecule has 0 aliphatic carbocycles. The summed E-state index contributed by atoms with van der Waals surface area (Å²) in [5, 5.41) is 83.8. The number of carbonyl (C=O) groups excluding carboxylic acids is 12. The molecule has 99 heavy (non-hydrogen) atoms. The first kappa shape index (κ1) is 86.0. The molecule has 0 saturated carbocycles. The first-order valence-electron chi connectivity index (χ1n) is 31.7. The minimum atomic E-state index is -2.15. The van der Waals surface area contributed by atoms with E-state index in [1.807, 2.05) is 6.26 Å². The van der Waals surface area contributed by atoms with Crippen LogP contribution in [0.1, 0.15) is 111 Å². The number of thioether (sulfide) groups is 1. The molecular formula is C60H96N16O21S2. The van der Waals surface area contributed by atoms with Crippen LogP contribution in [0, 0.1) is 11.8 Å². The third-order valence-electron chi connectivity index (χ3n) is 15.1. The smallest absolute Gasteiger partial charge is 0.326 e. The molecule has 1 fully saturated rings. The number of hydrogen-bond donors (Lipinski definition) is 21. The SMILES string of the molecule is CSCC[C@H](N)C(=O)N1CCC[C@H]1C(=O)N[C@@H](CS)C(=O)N[C@H](C(=O)N[C@@H](CCC(=O)O)C(=O)N[C@@H](CC(=O)O)C(=O)N[C@@H](Cc1ccc(O)cc1)C(=O)N[C@@H](CC(C)C)C(=O)N[C@@H](CO)C(=O)N[C@@H](CC(C)C)C(=O)N[C@@H](CC(N)=O)C(=O)N[C@@H](CCCN=C(N)N)C(=O)O)[C@@H](C)O. The van der Waals surface area contributed by atoms with E-state index in [0.717, 1.165) is 6.92 Å². The van der Waals surface area contributed by atoms with Crippen molar-refractivity contribution < 1.29 is 103 Å². The van der Waals surface area contributed by atoms with Crippen LogP contribution in [0.4, 0.5) is 0 Å². The van der Waals surface area contributed by atoms with Crippen molar-refractivity contribution in [2.24, 2.45) is 39.8 Å². The van der Waals surface area contributed by atoms with Crippen LogP contribution in [0.15, 0.2) is 29.3 Å². The summed E-state index contributed by atoms with van der Waals surface area (Å²) in [5.74, 6) is -18.9. The molecule has 24 N–H and O–H groups in total. The Kier molecular flexibility index (Phi) is 37.7. The molecule has 1 aromatic carbocycles. The monoisotopic (exact) mass is 1440 g/mol. The van der Waals surface area contributed by atoms with E-state index in [-0.39, 0.29) is 74.1 Å². The number of hydrogen-bond acceptors (Lipinski definition) is 22. The molecule has 0 unspecified atom stereocenters. The maximum atomic E-state index is 14.5. The first-order chi connectivity index (χ1) is 46.4. The Labute approximate surface area is 580 Å². The van der Waals surface area contributed by atoms with E-state index in [2.05, 4.69) is 70.8 Å². The van der Waals surface area contributed by atoms with Gasteiger partial charge in [0, 0.05) is 31.7 Å².